The first kappa shape index (κ1) is 11.6. The van der Waals surface area contributed by atoms with Gasteiger partial charge < -0.3 is 5.32 Å². The van der Waals surface area contributed by atoms with Crippen LogP contribution in [0.4, 0.5) is 0 Å². The SMILES string of the molecule is Clc1cccc(C2(CNC3CC3)CCCC2)c1. The molecule has 0 atom stereocenters. The van der Waals surface area contributed by atoms with E-state index in [1.807, 2.05) is 6.07 Å². The summed E-state index contributed by atoms with van der Waals surface area (Å²) in [6.07, 6.45) is 8.08. The maximum Gasteiger partial charge on any atom is 0.0408 e. The molecule has 1 aromatic rings. The minimum Gasteiger partial charge on any atom is -0.313 e. The topological polar surface area (TPSA) is 12.0 Å². The van der Waals surface area contributed by atoms with E-state index in [1.54, 1.807) is 0 Å². The molecular formula is C15H20ClN. The second-order valence-electron chi connectivity index (χ2n) is 5.65. The number of nitrogens with one attached hydrogen (secondary N) is 1. The van der Waals surface area contributed by atoms with E-state index in [4.69, 9.17) is 11.6 Å². The van der Waals surface area contributed by atoms with Gasteiger partial charge in [0, 0.05) is 23.0 Å². The van der Waals surface area contributed by atoms with E-state index in [9.17, 15) is 0 Å². The van der Waals surface area contributed by atoms with Crippen LogP contribution in [-0.4, -0.2) is 12.6 Å². The van der Waals surface area contributed by atoms with Crippen LogP contribution in [0.5, 0.6) is 0 Å². The monoisotopic (exact) mass is 249 g/mol. The van der Waals surface area contributed by atoms with Crippen molar-refractivity contribution in [2.75, 3.05) is 6.54 Å². The fourth-order valence-corrected chi connectivity index (χ4v) is 3.26. The molecule has 1 N–H and O–H groups in total. The van der Waals surface area contributed by atoms with Crippen LogP contribution in [0.2, 0.25) is 5.02 Å². The van der Waals surface area contributed by atoms with E-state index < -0.39 is 0 Å². The summed E-state index contributed by atoms with van der Waals surface area (Å²) in [5.74, 6) is 0. The van der Waals surface area contributed by atoms with Crippen LogP contribution in [0, 0.1) is 0 Å². The number of hydrogen-bond donors (Lipinski definition) is 1. The average molecular weight is 250 g/mol. The zero-order valence-electron chi connectivity index (χ0n) is 10.2. The number of halogens is 1. The molecule has 0 radical (unpaired) electrons. The lowest BCUT2D eigenvalue weighted by atomic mass is 9.79. The van der Waals surface area contributed by atoms with Crippen molar-refractivity contribution in [3.05, 3.63) is 34.9 Å². The van der Waals surface area contributed by atoms with Gasteiger partial charge in [0.05, 0.1) is 0 Å². The van der Waals surface area contributed by atoms with E-state index in [2.05, 4.69) is 23.5 Å². The van der Waals surface area contributed by atoms with Crippen molar-refractivity contribution in [2.24, 2.45) is 0 Å². The minimum atomic E-state index is 0.355. The van der Waals surface area contributed by atoms with Gasteiger partial charge in [0.1, 0.15) is 0 Å². The standard InChI is InChI=1S/C15H20ClN/c16-13-5-3-4-12(10-13)15(8-1-2-9-15)11-17-14-6-7-14/h3-5,10,14,17H,1-2,6-9,11H2. The Morgan fingerprint density at radius 2 is 2.00 bits per heavy atom. The van der Waals surface area contributed by atoms with Crippen molar-refractivity contribution in [2.45, 2.75) is 50.0 Å². The smallest absolute Gasteiger partial charge is 0.0408 e. The maximum absolute atomic E-state index is 6.14. The Morgan fingerprint density at radius 1 is 1.24 bits per heavy atom. The third-order valence-corrected chi connectivity index (χ3v) is 4.54. The molecule has 2 aliphatic rings. The fourth-order valence-electron chi connectivity index (χ4n) is 3.06. The predicted molar refractivity (Wildman–Crippen MR) is 72.6 cm³/mol. The molecule has 17 heavy (non-hydrogen) atoms. The summed E-state index contributed by atoms with van der Waals surface area (Å²) in [4.78, 5) is 0. The van der Waals surface area contributed by atoms with Crippen molar-refractivity contribution in [1.82, 2.24) is 5.32 Å². The van der Waals surface area contributed by atoms with Gasteiger partial charge in [-0.3, -0.25) is 0 Å². The molecule has 2 fully saturated rings. The van der Waals surface area contributed by atoms with Crippen LogP contribution in [0.3, 0.4) is 0 Å². The van der Waals surface area contributed by atoms with E-state index in [0.29, 0.717) is 5.41 Å². The summed E-state index contributed by atoms with van der Waals surface area (Å²) in [7, 11) is 0. The van der Waals surface area contributed by atoms with Crippen LogP contribution in [-0.2, 0) is 5.41 Å². The van der Waals surface area contributed by atoms with Crippen molar-refractivity contribution in [3.63, 3.8) is 0 Å². The van der Waals surface area contributed by atoms with Crippen molar-refractivity contribution >= 4 is 11.6 Å². The summed E-state index contributed by atoms with van der Waals surface area (Å²) >= 11 is 6.14. The Morgan fingerprint density at radius 3 is 2.65 bits per heavy atom. The second kappa shape index (κ2) is 4.62. The van der Waals surface area contributed by atoms with Crippen LogP contribution in [0.1, 0.15) is 44.1 Å². The molecule has 0 aromatic heterocycles. The first-order valence-corrected chi connectivity index (χ1v) is 7.16. The zero-order chi connectivity index (χ0) is 11.7. The summed E-state index contributed by atoms with van der Waals surface area (Å²) in [6, 6.07) is 9.29. The molecule has 0 unspecified atom stereocenters. The van der Waals surface area contributed by atoms with E-state index in [0.717, 1.165) is 17.6 Å². The second-order valence-corrected chi connectivity index (χ2v) is 6.09. The molecule has 0 spiro atoms. The summed E-state index contributed by atoms with van der Waals surface area (Å²) in [6.45, 7) is 1.14. The Balaban J connectivity index is 1.81. The van der Waals surface area contributed by atoms with Gasteiger partial charge in [0.2, 0.25) is 0 Å². The van der Waals surface area contributed by atoms with Crippen molar-refractivity contribution in [1.29, 1.82) is 0 Å². The van der Waals surface area contributed by atoms with Crippen molar-refractivity contribution < 1.29 is 0 Å². The predicted octanol–water partition coefficient (Wildman–Crippen LogP) is 3.90. The number of benzene rings is 1. The summed E-state index contributed by atoms with van der Waals surface area (Å²) in [5, 5.41) is 4.59. The van der Waals surface area contributed by atoms with Crippen LogP contribution in [0.25, 0.3) is 0 Å². The summed E-state index contributed by atoms with van der Waals surface area (Å²) < 4.78 is 0. The van der Waals surface area contributed by atoms with E-state index in [1.165, 1.54) is 44.1 Å². The lowest BCUT2D eigenvalue weighted by Gasteiger charge is -2.30. The third-order valence-electron chi connectivity index (χ3n) is 4.30. The Hall–Kier alpha value is -0.530. The molecule has 2 saturated carbocycles. The van der Waals surface area contributed by atoms with E-state index in [-0.39, 0.29) is 0 Å². The van der Waals surface area contributed by atoms with Gasteiger partial charge in [-0.15, -0.1) is 0 Å². The molecule has 92 valence electrons. The van der Waals surface area contributed by atoms with Gasteiger partial charge in [-0.05, 0) is 43.4 Å². The molecule has 0 amide bonds. The molecule has 1 nitrogen and oxygen atoms in total. The highest BCUT2D eigenvalue weighted by Gasteiger charge is 2.37. The Labute approximate surface area is 109 Å². The highest BCUT2D eigenvalue weighted by Crippen LogP contribution is 2.41. The zero-order valence-corrected chi connectivity index (χ0v) is 11.0. The molecule has 0 bridgehead atoms. The Bertz CT molecular complexity index is 392. The van der Waals surface area contributed by atoms with Gasteiger partial charge in [0.15, 0.2) is 0 Å². The van der Waals surface area contributed by atoms with Crippen molar-refractivity contribution in [3.8, 4) is 0 Å². The first-order chi connectivity index (χ1) is 8.28. The molecule has 0 heterocycles. The minimum absolute atomic E-state index is 0.355. The van der Waals surface area contributed by atoms with Crippen LogP contribution in [0.15, 0.2) is 24.3 Å². The summed E-state index contributed by atoms with van der Waals surface area (Å²) in [5.41, 5.74) is 1.80. The molecular weight excluding hydrogens is 230 g/mol. The lowest BCUT2D eigenvalue weighted by Crippen LogP contribution is -2.36. The van der Waals surface area contributed by atoms with Crippen LogP contribution < -0.4 is 5.32 Å². The Kier molecular flexibility index (Phi) is 3.14. The maximum atomic E-state index is 6.14. The molecule has 3 rings (SSSR count). The average Bonchev–Trinajstić information content (AvgIpc) is 3.04. The van der Waals surface area contributed by atoms with E-state index >= 15 is 0 Å². The lowest BCUT2D eigenvalue weighted by molar-refractivity contribution is 0.403. The number of rotatable bonds is 4. The van der Waals surface area contributed by atoms with Gasteiger partial charge in [0.25, 0.3) is 0 Å². The van der Waals surface area contributed by atoms with Gasteiger partial charge in [-0.1, -0.05) is 36.6 Å². The van der Waals surface area contributed by atoms with Gasteiger partial charge in [-0.25, -0.2) is 0 Å². The largest absolute Gasteiger partial charge is 0.313 e. The molecule has 2 aliphatic carbocycles. The quantitative estimate of drug-likeness (QED) is 0.853. The fraction of sp³-hybridized carbons (Fsp3) is 0.600. The molecule has 2 heteroatoms. The highest BCUT2D eigenvalue weighted by atomic mass is 35.5. The van der Waals surface area contributed by atoms with Crippen LogP contribution >= 0.6 is 11.6 Å². The molecule has 1 aromatic carbocycles. The van der Waals surface area contributed by atoms with Gasteiger partial charge >= 0.3 is 0 Å². The highest BCUT2D eigenvalue weighted by molar-refractivity contribution is 6.30. The first-order valence-electron chi connectivity index (χ1n) is 6.78. The number of hydrogen-bond acceptors (Lipinski definition) is 1. The van der Waals surface area contributed by atoms with Gasteiger partial charge in [-0.2, -0.15) is 0 Å². The molecule has 0 aliphatic heterocycles. The third kappa shape index (κ3) is 2.51. The molecule has 0 saturated heterocycles. The normalized spacial score (nSPS) is 22.9.